The van der Waals surface area contributed by atoms with Gasteiger partial charge in [-0.2, -0.15) is 0 Å². The number of ether oxygens (including phenoxy) is 2. The van der Waals surface area contributed by atoms with Crippen molar-refractivity contribution < 1.29 is 18.8 Å². The Morgan fingerprint density at radius 1 is 1.03 bits per heavy atom. The Kier molecular flexibility index (Phi) is 10.6. The molecule has 3 aromatic rings. The summed E-state index contributed by atoms with van der Waals surface area (Å²) in [5, 5.41) is 14.1. The predicted molar refractivity (Wildman–Crippen MR) is 138 cm³/mol. The van der Waals surface area contributed by atoms with Gasteiger partial charge in [0.2, 0.25) is 0 Å². The molecule has 0 saturated heterocycles. The van der Waals surface area contributed by atoms with Gasteiger partial charge < -0.3 is 24.1 Å². The van der Waals surface area contributed by atoms with Crippen LogP contribution in [0.5, 0.6) is 5.75 Å². The van der Waals surface area contributed by atoms with E-state index in [1.54, 1.807) is 25.3 Å². The van der Waals surface area contributed by atoms with Gasteiger partial charge in [-0.1, -0.05) is 18.2 Å². The van der Waals surface area contributed by atoms with Crippen LogP contribution in [0.15, 0.2) is 47.4 Å². The van der Waals surface area contributed by atoms with Gasteiger partial charge in [-0.3, -0.25) is 4.90 Å². The molecule has 0 aliphatic rings. The van der Waals surface area contributed by atoms with E-state index in [4.69, 9.17) is 18.6 Å². The van der Waals surface area contributed by atoms with Gasteiger partial charge in [0.1, 0.15) is 25.0 Å². The Bertz CT molecular complexity index is 1060. The van der Waals surface area contributed by atoms with Crippen LogP contribution in [0, 0.1) is 0 Å². The summed E-state index contributed by atoms with van der Waals surface area (Å²) in [7, 11) is 1.66. The minimum Gasteiger partial charge on any atom is -0.508 e. The van der Waals surface area contributed by atoms with Gasteiger partial charge in [0, 0.05) is 49.1 Å². The van der Waals surface area contributed by atoms with E-state index in [1.165, 1.54) is 12.0 Å². The van der Waals surface area contributed by atoms with E-state index in [-0.39, 0.29) is 5.75 Å². The molecule has 0 aliphatic carbocycles. The average molecular weight is 485 g/mol. The Morgan fingerprint density at radius 3 is 2.59 bits per heavy atom. The number of rotatable bonds is 14. The summed E-state index contributed by atoms with van der Waals surface area (Å²) < 4.78 is 16.1. The molecule has 0 bridgehead atoms. The van der Waals surface area contributed by atoms with Crippen LogP contribution in [0.2, 0.25) is 0 Å². The Hall–Kier alpha value is -2.69. The van der Waals surface area contributed by atoms with Crippen molar-refractivity contribution in [3.05, 3.63) is 53.9 Å². The van der Waals surface area contributed by atoms with Crippen LogP contribution >= 0.6 is 12.0 Å². The van der Waals surface area contributed by atoms with Crippen molar-refractivity contribution in [3.63, 3.8) is 0 Å². The summed E-state index contributed by atoms with van der Waals surface area (Å²) >= 11 is 1.37. The van der Waals surface area contributed by atoms with Crippen molar-refractivity contribution >= 4 is 40.9 Å². The molecule has 2 aromatic carbocycles. The molecule has 0 atom stereocenters. The highest BCUT2D eigenvalue weighted by molar-refractivity contribution is 7.94. The van der Waals surface area contributed by atoms with E-state index < -0.39 is 0 Å². The molecule has 0 unspecified atom stereocenters. The lowest BCUT2D eigenvalue weighted by atomic mass is 10.2. The normalized spacial score (nSPS) is 11.6. The first-order valence-electron chi connectivity index (χ1n) is 11.2. The van der Waals surface area contributed by atoms with E-state index in [0.29, 0.717) is 51.4 Å². The van der Waals surface area contributed by atoms with E-state index in [1.807, 2.05) is 55.2 Å². The molecule has 0 fully saturated rings. The van der Waals surface area contributed by atoms with Crippen LogP contribution in [0.3, 0.4) is 0 Å². The summed E-state index contributed by atoms with van der Waals surface area (Å²) in [6.45, 7) is 7.54. The zero-order valence-corrected chi connectivity index (χ0v) is 20.7. The summed E-state index contributed by atoms with van der Waals surface area (Å²) in [5.74, 6) is 1.42. The number of hydrogen-bond donors (Lipinski definition) is 2. The minimum absolute atomic E-state index is 0.171. The molecule has 34 heavy (non-hydrogen) atoms. The number of methoxy groups -OCH3 is 1. The number of benzene rings is 2. The van der Waals surface area contributed by atoms with Gasteiger partial charge >= 0.3 is 0 Å². The predicted octanol–water partition coefficient (Wildman–Crippen LogP) is 4.86. The second kappa shape index (κ2) is 13.9. The fourth-order valence-corrected chi connectivity index (χ4v) is 3.68. The fourth-order valence-electron chi connectivity index (χ4n) is 3.18. The van der Waals surface area contributed by atoms with Crippen molar-refractivity contribution in [2.24, 2.45) is 0 Å². The lowest BCUT2D eigenvalue weighted by Gasteiger charge is -2.21. The highest BCUT2D eigenvalue weighted by atomic mass is 32.2. The Morgan fingerprint density at radius 2 is 1.85 bits per heavy atom. The maximum atomic E-state index is 9.98. The highest BCUT2D eigenvalue weighted by Crippen LogP contribution is 2.25. The average Bonchev–Trinajstić information content (AvgIpc) is 2.85. The third-order valence-electron chi connectivity index (χ3n) is 4.78. The van der Waals surface area contributed by atoms with Crippen LogP contribution in [0.4, 0.5) is 5.82 Å². The van der Waals surface area contributed by atoms with Gasteiger partial charge in [-0.05, 0) is 55.8 Å². The third kappa shape index (κ3) is 7.96. The molecule has 9 heteroatoms. The number of phenols is 1. The first-order valence-corrected chi connectivity index (χ1v) is 12.0. The third-order valence-corrected chi connectivity index (χ3v) is 5.60. The number of aromatic nitrogens is 2. The van der Waals surface area contributed by atoms with Gasteiger partial charge in [0.05, 0.1) is 12.1 Å². The van der Waals surface area contributed by atoms with Crippen LogP contribution in [0.25, 0.3) is 23.1 Å². The molecular weight excluding hydrogens is 452 g/mol. The van der Waals surface area contributed by atoms with Gasteiger partial charge in [0.25, 0.3) is 0 Å². The number of phenolic OH excluding ortho intramolecular Hbond substituents is 1. The molecule has 0 amide bonds. The number of hydrogen-bond acceptors (Lipinski definition) is 9. The zero-order chi connectivity index (χ0) is 24.2. The van der Waals surface area contributed by atoms with Crippen molar-refractivity contribution in [1.82, 2.24) is 14.9 Å². The molecule has 182 valence electrons. The molecule has 1 heterocycles. The number of nitrogens with one attached hydrogen (secondary N) is 1. The SMILES string of the molecule is CCOCN(CCNc1nc(C=Cc2ccc(SOCC)cc2)nc2ccc(O)cc12)COC. The molecule has 2 N–H and O–H groups in total. The van der Waals surface area contributed by atoms with Crippen molar-refractivity contribution in [3.8, 4) is 5.75 Å². The fraction of sp³-hybridized carbons (Fsp3) is 0.360. The summed E-state index contributed by atoms with van der Waals surface area (Å²) in [5.41, 5.74) is 1.79. The molecule has 0 spiro atoms. The molecule has 0 radical (unpaired) electrons. The smallest absolute Gasteiger partial charge is 0.154 e. The Labute approximate surface area is 205 Å². The molecule has 0 saturated carbocycles. The lowest BCUT2D eigenvalue weighted by molar-refractivity contribution is -0.0248. The number of fused-ring (bicyclic) bond motifs is 1. The van der Waals surface area contributed by atoms with Crippen LogP contribution in [0.1, 0.15) is 25.2 Å². The second-order valence-electron chi connectivity index (χ2n) is 7.38. The zero-order valence-electron chi connectivity index (χ0n) is 19.9. The number of anilines is 1. The van der Waals surface area contributed by atoms with Gasteiger partial charge in [-0.15, -0.1) is 0 Å². The van der Waals surface area contributed by atoms with Gasteiger partial charge in [0.15, 0.2) is 5.82 Å². The maximum absolute atomic E-state index is 9.98. The summed E-state index contributed by atoms with van der Waals surface area (Å²) in [6.07, 6.45) is 3.86. The molecule has 3 rings (SSSR count). The first kappa shape index (κ1) is 25.9. The van der Waals surface area contributed by atoms with Crippen molar-refractivity contribution in [2.45, 2.75) is 18.7 Å². The molecule has 8 nitrogen and oxygen atoms in total. The largest absolute Gasteiger partial charge is 0.508 e. The topological polar surface area (TPSA) is 89.0 Å². The van der Waals surface area contributed by atoms with Crippen LogP contribution < -0.4 is 5.32 Å². The maximum Gasteiger partial charge on any atom is 0.154 e. The van der Waals surface area contributed by atoms with E-state index in [2.05, 4.69) is 10.3 Å². The Balaban J connectivity index is 1.75. The highest BCUT2D eigenvalue weighted by Gasteiger charge is 2.09. The van der Waals surface area contributed by atoms with Crippen LogP contribution in [-0.2, 0) is 13.7 Å². The molecule has 0 aliphatic heterocycles. The van der Waals surface area contributed by atoms with E-state index in [0.717, 1.165) is 21.4 Å². The van der Waals surface area contributed by atoms with Crippen molar-refractivity contribution in [1.29, 1.82) is 0 Å². The molecular formula is C25H32N4O4S. The summed E-state index contributed by atoms with van der Waals surface area (Å²) in [4.78, 5) is 12.4. The number of nitrogens with zero attached hydrogens (tertiary/aromatic N) is 3. The van der Waals surface area contributed by atoms with E-state index >= 15 is 0 Å². The lowest BCUT2D eigenvalue weighted by Crippen LogP contribution is -2.33. The monoisotopic (exact) mass is 484 g/mol. The van der Waals surface area contributed by atoms with Gasteiger partial charge in [-0.25, -0.2) is 9.97 Å². The standard InChI is InChI=1S/C25H32N4O4S/c1-4-32-18-29(17-31-3)15-14-26-25-22-16-20(30)9-12-23(22)27-24(28-25)13-8-19-6-10-21(11-7-19)34-33-5-2/h6-13,16,30H,4-5,14-15,17-18H2,1-3H3,(H,26,27,28). The quantitative estimate of drug-likeness (QED) is 0.246. The molecule has 1 aromatic heterocycles. The number of aromatic hydroxyl groups is 1. The van der Waals surface area contributed by atoms with Crippen LogP contribution in [-0.4, -0.2) is 66.8 Å². The second-order valence-corrected chi connectivity index (χ2v) is 8.26. The minimum atomic E-state index is 0.171. The van der Waals surface area contributed by atoms with Crippen molar-refractivity contribution in [2.75, 3.05) is 52.2 Å². The summed E-state index contributed by atoms with van der Waals surface area (Å²) in [6, 6.07) is 13.2. The first-order chi connectivity index (χ1) is 16.6. The van der Waals surface area contributed by atoms with E-state index in [9.17, 15) is 5.11 Å².